The van der Waals surface area contributed by atoms with Gasteiger partial charge < -0.3 is 9.15 Å². The fourth-order valence-corrected chi connectivity index (χ4v) is 5.66. The highest BCUT2D eigenvalue weighted by atomic mass is 16.5. The van der Waals surface area contributed by atoms with Crippen LogP contribution in [0.1, 0.15) is 52.0 Å². The van der Waals surface area contributed by atoms with Gasteiger partial charge in [0.05, 0.1) is 25.1 Å². The summed E-state index contributed by atoms with van der Waals surface area (Å²) in [6.45, 7) is 6.31. The molecule has 1 saturated carbocycles. The minimum Gasteiger partial charge on any atom is -0.472 e. The fraction of sp³-hybridized carbons (Fsp3) is 0.619. The van der Waals surface area contributed by atoms with Gasteiger partial charge in [-0.1, -0.05) is 19.4 Å². The molecule has 2 aliphatic rings. The summed E-state index contributed by atoms with van der Waals surface area (Å²) in [7, 11) is 1.47. The number of fused-ring (bicyclic) bond motifs is 1. The van der Waals surface area contributed by atoms with Gasteiger partial charge in [-0.2, -0.15) is 0 Å². The molecule has 0 amide bonds. The summed E-state index contributed by atoms with van der Waals surface area (Å²) >= 11 is 0. The van der Waals surface area contributed by atoms with Gasteiger partial charge in [-0.3, -0.25) is 9.59 Å². The van der Waals surface area contributed by atoms with Crippen molar-refractivity contribution in [3.63, 3.8) is 0 Å². The molecule has 4 heteroatoms. The predicted octanol–water partition coefficient (Wildman–Crippen LogP) is 4.34. The lowest BCUT2D eigenvalue weighted by molar-refractivity contribution is -0.181. The molecular formula is C21H28O4. The van der Waals surface area contributed by atoms with Crippen LogP contribution in [-0.4, -0.2) is 18.9 Å². The number of hydrogen-bond acceptors (Lipinski definition) is 4. The number of allylic oxidation sites excluding steroid dienone is 2. The molecule has 0 unspecified atom stereocenters. The maximum atomic E-state index is 13.2. The maximum absolute atomic E-state index is 13.2. The molecule has 0 aromatic carbocycles. The molecule has 136 valence electrons. The van der Waals surface area contributed by atoms with E-state index in [0.717, 1.165) is 30.4 Å². The minimum absolute atomic E-state index is 0.127. The number of rotatable bonds is 4. The molecule has 4 atom stereocenters. The average Bonchev–Trinajstić information content (AvgIpc) is 3.06. The Bertz CT molecular complexity index is 687. The lowest BCUT2D eigenvalue weighted by Crippen LogP contribution is -2.59. The first-order valence-electron chi connectivity index (χ1n) is 9.15. The highest BCUT2D eigenvalue weighted by Gasteiger charge is 2.63. The Morgan fingerprint density at radius 2 is 2.16 bits per heavy atom. The summed E-state index contributed by atoms with van der Waals surface area (Å²) in [5, 5.41) is 0. The van der Waals surface area contributed by atoms with Gasteiger partial charge in [-0.15, -0.1) is 0 Å². The molecule has 0 aliphatic heterocycles. The predicted molar refractivity (Wildman–Crippen MR) is 94.9 cm³/mol. The second-order valence-corrected chi connectivity index (χ2v) is 8.07. The van der Waals surface area contributed by atoms with E-state index in [1.54, 1.807) is 18.6 Å². The fourth-order valence-electron chi connectivity index (χ4n) is 5.66. The number of ether oxygens (including phenoxy) is 1. The molecule has 1 aromatic rings. The number of furan rings is 1. The first kappa shape index (κ1) is 18.0. The van der Waals surface area contributed by atoms with E-state index in [1.165, 1.54) is 7.11 Å². The number of aryl methyl sites for hydroxylation is 1. The van der Waals surface area contributed by atoms with Gasteiger partial charge in [0.15, 0.2) is 5.78 Å². The quantitative estimate of drug-likeness (QED) is 0.762. The smallest absolute Gasteiger partial charge is 0.312 e. The van der Waals surface area contributed by atoms with Crippen molar-refractivity contribution in [3.8, 4) is 0 Å². The molecule has 1 fully saturated rings. The van der Waals surface area contributed by atoms with Gasteiger partial charge in [0.25, 0.3) is 0 Å². The summed E-state index contributed by atoms with van der Waals surface area (Å²) in [6, 6.07) is 1.94. The number of methoxy groups -OCH3 is 1. The van der Waals surface area contributed by atoms with Crippen LogP contribution in [0.15, 0.2) is 34.7 Å². The van der Waals surface area contributed by atoms with E-state index in [9.17, 15) is 9.59 Å². The van der Waals surface area contributed by atoms with Gasteiger partial charge in [0.2, 0.25) is 0 Å². The third-order valence-electron chi connectivity index (χ3n) is 6.94. The van der Waals surface area contributed by atoms with E-state index in [-0.39, 0.29) is 23.6 Å². The molecule has 0 radical (unpaired) electrons. The molecule has 3 rings (SSSR count). The summed E-state index contributed by atoms with van der Waals surface area (Å²) in [5.74, 6) is 0.386. The number of hydrogen-bond donors (Lipinski definition) is 0. The zero-order valence-electron chi connectivity index (χ0n) is 15.6. The molecule has 0 spiro atoms. The van der Waals surface area contributed by atoms with Crippen LogP contribution in [0.5, 0.6) is 0 Å². The van der Waals surface area contributed by atoms with E-state index < -0.39 is 10.8 Å². The Hall–Kier alpha value is -1.84. The second-order valence-electron chi connectivity index (χ2n) is 8.07. The molecule has 2 aliphatic carbocycles. The third kappa shape index (κ3) is 2.66. The van der Waals surface area contributed by atoms with Crippen LogP contribution in [0.2, 0.25) is 0 Å². The van der Waals surface area contributed by atoms with Gasteiger partial charge >= 0.3 is 5.97 Å². The van der Waals surface area contributed by atoms with Crippen molar-refractivity contribution in [2.75, 3.05) is 7.11 Å². The van der Waals surface area contributed by atoms with E-state index in [1.807, 2.05) is 13.0 Å². The van der Waals surface area contributed by atoms with Crippen LogP contribution in [-0.2, 0) is 20.7 Å². The molecule has 0 saturated heterocycles. The average molecular weight is 344 g/mol. The van der Waals surface area contributed by atoms with Crippen molar-refractivity contribution in [3.05, 3.63) is 35.8 Å². The highest BCUT2D eigenvalue weighted by molar-refractivity contribution is 5.93. The van der Waals surface area contributed by atoms with Crippen molar-refractivity contribution in [2.24, 2.45) is 22.7 Å². The minimum atomic E-state index is -0.660. The Morgan fingerprint density at radius 3 is 2.80 bits per heavy atom. The first-order valence-corrected chi connectivity index (χ1v) is 9.15. The highest BCUT2D eigenvalue weighted by Crippen LogP contribution is 2.63. The number of carbonyl (C=O) groups is 2. The topological polar surface area (TPSA) is 56.5 Å². The van der Waals surface area contributed by atoms with Crippen LogP contribution in [0.25, 0.3) is 0 Å². The molecule has 4 nitrogen and oxygen atoms in total. The molecule has 0 bridgehead atoms. The Labute approximate surface area is 149 Å². The summed E-state index contributed by atoms with van der Waals surface area (Å²) < 4.78 is 10.5. The van der Waals surface area contributed by atoms with Gasteiger partial charge in [-0.05, 0) is 67.6 Å². The van der Waals surface area contributed by atoms with Crippen LogP contribution in [0.4, 0.5) is 0 Å². The lowest BCUT2D eigenvalue weighted by Gasteiger charge is -2.58. The second kappa shape index (κ2) is 6.47. The summed E-state index contributed by atoms with van der Waals surface area (Å²) in [4.78, 5) is 25.6. The normalized spacial score (nSPS) is 35.0. The van der Waals surface area contributed by atoms with E-state index >= 15 is 0 Å². The molecule has 25 heavy (non-hydrogen) atoms. The van der Waals surface area contributed by atoms with Crippen molar-refractivity contribution in [1.82, 2.24) is 0 Å². The molecular weight excluding hydrogens is 316 g/mol. The Kier molecular flexibility index (Phi) is 4.65. The Balaban J connectivity index is 2.07. The van der Waals surface area contributed by atoms with Crippen LogP contribution in [0.3, 0.4) is 0 Å². The number of esters is 1. The maximum Gasteiger partial charge on any atom is 0.312 e. The molecule has 1 heterocycles. The van der Waals surface area contributed by atoms with Crippen molar-refractivity contribution >= 4 is 11.8 Å². The molecule has 0 N–H and O–H groups in total. The van der Waals surface area contributed by atoms with E-state index in [2.05, 4.69) is 13.8 Å². The molecule has 1 aromatic heterocycles. The van der Waals surface area contributed by atoms with Gasteiger partial charge in [-0.25, -0.2) is 0 Å². The van der Waals surface area contributed by atoms with Crippen LogP contribution >= 0.6 is 0 Å². The van der Waals surface area contributed by atoms with Gasteiger partial charge in [0, 0.05) is 6.42 Å². The number of carbonyl (C=O) groups excluding carboxylic acids is 2. The van der Waals surface area contributed by atoms with Crippen LogP contribution in [0, 0.1) is 22.7 Å². The third-order valence-corrected chi connectivity index (χ3v) is 6.94. The number of ketones is 1. The van der Waals surface area contributed by atoms with E-state index in [4.69, 9.17) is 9.15 Å². The van der Waals surface area contributed by atoms with Crippen molar-refractivity contribution in [1.29, 1.82) is 0 Å². The largest absolute Gasteiger partial charge is 0.472 e. The zero-order valence-corrected chi connectivity index (χ0v) is 15.6. The zero-order chi connectivity index (χ0) is 18.2. The summed E-state index contributed by atoms with van der Waals surface area (Å²) in [5.41, 5.74) is 1.13. The lowest BCUT2D eigenvalue weighted by atomic mass is 9.44. The van der Waals surface area contributed by atoms with Gasteiger partial charge in [0.1, 0.15) is 0 Å². The van der Waals surface area contributed by atoms with Crippen molar-refractivity contribution in [2.45, 2.75) is 52.9 Å². The van der Waals surface area contributed by atoms with Crippen LogP contribution < -0.4 is 0 Å². The van der Waals surface area contributed by atoms with Crippen molar-refractivity contribution < 1.29 is 18.7 Å². The summed E-state index contributed by atoms with van der Waals surface area (Å²) in [6.07, 6.45) is 9.00. The SMILES string of the molecule is COC(=O)[C@]1(CCc2ccoc2)[C@H](C)CC[C@H]2C(C)=CC(=O)C[C@@]21C. The standard InChI is InChI=1S/C21H28O4/c1-14-11-17(22)12-20(3)18(14)6-5-15(2)21(20,19(23)24-4)9-7-16-8-10-25-13-16/h8,10-11,13,15,18H,5-7,9,12H2,1-4H3/t15-,18+,20+,21+/m1/s1. The van der Waals surface area contributed by atoms with E-state index in [0.29, 0.717) is 12.8 Å². The Morgan fingerprint density at radius 1 is 1.40 bits per heavy atom. The first-order chi connectivity index (χ1) is 11.8. The monoisotopic (exact) mass is 344 g/mol.